The summed E-state index contributed by atoms with van der Waals surface area (Å²) in [6.45, 7) is 9.94. The van der Waals surface area contributed by atoms with Crippen molar-refractivity contribution in [3.8, 4) is 0 Å². The minimum atomic E-state index is -1.12. The van der Waals surface area contributed by atoms with E-state index < -0.39 is 24.5 Å². The largest absolute Gasteiger partial charge is 0.519 e. The Labute approximate surface area is 88.3 Å². The van der Waals surface area contributed by atoms with Gasteiger partial charge in [-0.1, -0.05) is 25.3 Å². The first-order valence-corrected chi connectivity index (χ1v) is 4.33. The van der Waals surface area contributed by atoms with Crippen molar-refractivity contribution in [2.45, 2.75) is 26.1 Å². The maximum Gasteiger partial charge on any atom is 0.519 e. The van der Waals surface area contributed by atoms with Crippen LogP contribution in [0.1, 0.15) is 13.8 Å². The van der Waals surface area contributed by atoms with Crippen molar-refractivity contribution in [1.29, 1.82) is 0 Å². The van der Waals surface area contributed by atoms with Crippen LogP contribution in [0.25, 0.3) is 0 Å². The second-order valence-electron chi connectivity index (χ2n) is 2.72. The lowest BCUT2D eigenvalue weighted by molar-refractivity contribution is 0.0217. The molecule has 2 unspecified atom stereocenters. The molecular formula is C10H14O5. The summed E-state index contributed by atoms with van der Waals surface area (Å²) in [6, 6.07) is 0. The fraction of sp³-hybridized carbons (Fsp3) is 0.400. The Kier molecular flexibility index (Phi) is 5.85. The molecule has 0 fully saturated rings. The van der Waals surface area contributed by atoms with E-state index in [1.165, 1.54) is 12.2 Å². The molecule has 0 aliphatic carbocycles. The van der Waals surface area contributed by atoms with E-state index >= 15 is 0 Å². The molecule has 0 aliphatic rings. The van der Waals surface area contributed by atoms with Crippen molar-refractivity contribution in [2.24, 2.45) is 0 Å². The van der Waals surface area contributed by atoms with Gasteiger partial charge in [0, 0.05) is 0 Å². The molecule has 0 aliphatic heterocycles. The van der Waals surface area contributed by atoms with Gasteiger partial charge in [-0.2, -0.15) is 0 Å². The molecule has 0 bridgehead atoms. The van der Waals surface area contributed by atoms with Crippen LogP contribution in [-0.2, 0) is 14.2 Å². The van der Waals surface area contributed by atoms with Crippen LogP contribution in [0.5, 0.6) is 0 Å². The summed E-state index contributed by atoms with van der Waals surface area (Å²) in [6.07, 6.45) is -0.519. The SMILES string of the molecule is C=CC(C)OC(=O)OC(=O)OC(C)C=C. The summed E-state index contributed by atoms with van der Waals surface area (Å²) in [5, 5.41) is 0. The normalized spacial score (nSPS) is 13.2. The standard InChI is InChI=1S/C10H14O5/c1-5-7(3)13-9(11)15-10(12)14-8(4)6-2/h5-8H,1-2H2,3-4H3. The molecule has 0 radical (unpaired) electrons. The first-order chi connectivity index (χ1) is 6.99. The van der Waals surface area contributed by atoms with Crippen LogP contribution < -0.4 is 0 Å². The third-order valence-corrected chi connectivity index (χ3v) is 1.39. The van der Waals surface area contributed by atoms with Gasteiger partial charge in [-0.3, -0.25) is 0 Å². The highest BCUT2D eigenvalue weighted by molar-refractivity contribution is 5.77. The molecular weight excluding hydrogens is 200 g/mol. The summed E-state index contributed by atoms with van der Waals surface area (Å²) in [4.78, 5) is 21.7. The molecule has 5 heteroatoms. The first kappa shape index (κ1) is 13.2. The van der Waals surface area contributed by atoms with Gasteiger partial charge in [0.1, 0.15) is 12.2 Å². The van der Waals surface area contributed by atoms with E-state index in [1.54, 1.807) is 13.8 Å². The van der Waals surface area contributed by atoms with Gasteiger partial charge in [0.25, 0.3) is 0 Å². The predicted octanol–water partition coefficient (Wildman–Crippen LogP) is 2.43. The number of hydrogen-bond donors (Lipinski definition) is 0. The Morgan fingerprint density at radius 1 is 1.00 bits per heavy atom. The first-order valence-electron chi connectivity index (χ1n) is 4.33. The van der Waals surface area contributed by atoms with E-state index in [9.17, 15) is 9.59 Å². The van der Waals surface area contributed by atoms with Crippen molar-refractivity contribution in [2.75, 3.05) is 0 Å². The Hall–Kier alpha value is -1.78. The molecule has 0 spiro atoms. The van der Waals surface area contributed by atoms with Gasteiger partial charge in [0.15, 0.2) is 0 Å². The molecule has 0 aromatic rings. The molecule has 2 atom stereocenters. The monoisotopic (exact) mass is 214 g/mol. The Morgan fingerprint density at radius 3 is 1.60 bits per heavy atom. The molecule has 0 aromatic carbocycles. The van der Waals surface area contributed by atoms with E-state index in [2.05, 4.69) is 27.4 Å². The molecule has 0 amide bonds. The summed E-state index contributed by atoms with van der Waals surface area (Å²) >= 11 is 0. The highest BCUT2D eigenvalue weighted by Crippen LogP contribution is 1.99. The van der Waals surface area contributed by atoms with Crippen LogP contribution in [0.2, 0.25) is 0 Å². The summed E-state index contributed by atoms with van der Waals surface area (Å²) in [5.41, 5.74) is 0. The summed E-state index contributed by atoms with van der Waals surface area (Å²) < 4.78 is 13.3. The summed E-state index contributed by atoms with van der Waals surface area (Å²) in [7, 11) is 0. The topological polar surface area (TPSA) is 61.8 Å². The molecule has 0 heterocycles. The highest BCUT2D eigenvalue weighted by atomic mass is 16.8. The maximum atomic E-state index is 10.9. The van der Waals surface area contributed by atoms with Gasteiger partial charge in [-0.15, -0.1) is 0 Å². The lowest BCUT2D eigenvalue weighted by atomic mass is 10.4. The molecule has 5 nitrogen and oxygen atoms in total. The average molecular weight is 214 g/mol. The van der Waals surface area contributed by atoms with Crippen LogP contribution in [0.15, 0.2) is 25.3 Å². The van der Waals surface area contributed by atoms with Gasteiger partial charge >= 0.3 is 12.3 Å². The summed E-state index contributed by atoms with van der Waals surface area (Å²) in [5.74, 6) is 0. The lowest BCUT2D eigenvalue weighted by Crippen LogP contribution is -2.21. The number of carbonyl (C=O) groups excluding carboxylic acids is 2. The van der Waals surface area contributed by atoms with Crippen LogP contribution >= 0.6 is 0 Å². The third-order valence-electron chi connectivity index (χ3n) is 1.39. The number of ether oxygens (including phenoxy) is 3. The molecule has 84 valence electrons. The molecule has 0 N–H and O–H groups in total. The van der Waals surface area contributed by atoms with Crippen LogP contribution in [-0.4, -0.2) is 24.5 Å². The molecule has 15 heavy (non-hydrogen) atoms. The van der Waals surface area contributed by atoms with Crippen molar-refractivity contribution < 1.29 is 23.8 Å². The van der Waals surface area contributed by atoms with Crippen LogP contribution in [0.3, 0.4) is 0 Å². The van der Waals surface area contributed by atoms with Crippen molar-refractivity contribution in [3.05, 3.63) is 25.3 Å². The highest BCUT2D eigenvalue weighted by Gasteiger charge is 2.16. The van der Waals surface area contributed by atoms with E-state index in [-0.39, 0.29) is 0 Å². The van der Waals surface area contributed by atoms with E-state index in [1.807, 2.05) is 0 Å². The fourth-order valence-electron chi connectivity index (χ4n) is 0.516. The zero-order valence-electron chi connectivity index (χ0n) is 8.76. The predicted molar refractivity (Wildman–Crippen MR) is 53.4 cm³/mol. The number of rotatable bonds is 4. The second kappa shape index (κ2) is 6.64. The minimum Gasteiger partial charge on any atom is -0.427 e. The minimum absolute atomic E-state index is 0.526. The Bertz CT molecular complexity index is 233. The fourth-order valence-corrected chi connectivity index (χ4v) is 0.516. The number of carbonyl (C=O) groups is 2. The molecule has 0 saturated heterocycles. The average Bonchev–Trinajstić information content (AvgIpc) is 2.16. The Morgan fingerprint density at radius 2 is 1.33 bits per heavy atom. The van der Waals surface area contributed by atoms with Crippen LogP contribution in [0.4, 0.5) is 9.59 Å². The Balaban J connectivity index is 3.91. The zero-order chi connectivity index (χ0) is 11.8. The van der Waals surface area contributed by atoms with Gasteiger partial charge in [-0.25, -0.2) is 9.59 Å². The van der Waals surface area contributed by atoms with Gasteiger partial charge in [0.2, 0.25) is 0 Å². The quantitative estimate of drug-likeness (QED) is 0.408. The van der Waals surface area contributed by atoms with Crippen molar-refractivity contribution >= 4 is 12.3 Å². The molecule has 0 saturated carbocycles. The lowest BCUT2D eigenvalue weighted by Gasteiger charge is -2.09. The van der Waals surface area contributed by atoms with Gasteiger partial charge in [0.05, 0.1) is 0 Å². The third kappa shape index (κ3) is 6.31. The second-order valence-corrected chi connectivity index (χ2v) is 2.72. The molecule has 0 aromatic heterocycles. The smallest absolute Gasteiger partial charge is 0.427 e. The zero-order valence-corrected chi connectivity index (χ0v) is 8.76. The maximum absolute atomic E-state index is 10.9. The molecule has 0 rings (SSSR count). The van der Waals surface area contributed by atoms with E-state index in [0.29, 0.717) is 0 Å². The van der Waals surface area contributed by atoms with Gasteiger partial charge in [-0.05, 0) is 13.8 Å². The van der Waals surface area contributed by atoms with Crippen molar-refractivity contribution in [3.63, 3.8) is 0 Å². The van der Waals surface area contributed by atoms with Gasteiger partial charge < -0.3 is 14.2 Å². The van der Waals surface area contributed by atoms with Crippen LogP contribution in [0, 0.1) is 0 Å². The van der Waals surface area contributed by atoms with E-state index in [4.69, 9.17) is 0 Å². The van der Waals surface area contributed by atoms with Crippen molar-refractivity contribution in [1.82, 2.24) is 0 Å². The number of hydrogen-bond acceptors (Lipinski definition) is 5. The van der Waals surface area contributed by atoms with E-state index in [0.717, 1.165) is 0 Å².